The van der Waals surface area contributed by atoms with Crippen LogP contribution in [0, 0.1) is 0 Å². The highest BCUT2D eigenvalue weighted by Gasteiger charge is 2.03. The molecule has 0 radical (unpaired) electrons. The van der Waals surface area contributed by atoms with Gasteiger partial charge in [-0.05, 0) is 42.0 Å². The van der Waals surface area contributed by atoms with E-state index in [0.717, 1.165) is 16.8 Å². The van der Waals surface area contributed by atoms with E-state index < -0.39 is 0 Å². The smallest absolute Gasteiger partial charge is 0.259 e. The summed E-state index contributed by atoms with van der Waals surface area (Å²) in [6, 6.07) is 24.5. The summed E-state index contributed by atoms with van der Waals surface area (Å²) in [6.45, 7) is 0.521. The Kier molecular flexibility index (Phi) is 7.04. The number of para-hydroxylation sites is 2. The second kappa shape index (κ2) is 10.1. The number of amides is 1. The van der Waals surface area contributed by atoms with Crippen LogP contribution in [-0.2, 0) is 11.4 Å². The van der Waals surface area contributed by atoms with E-state index in [9.17, 15) is 4.79 Å². The van der Waals surface area contributed by atoms with Crippen LogP contribution < -0.4 is 15.5 Å². The van der Waals surface area contributed by atoms with Crippen molar-refractivity contribution in [3.8, 4) is 5.75 Å². The fourth-order valence-electron chi connectivity index (χ4n) is 2.46. The van der Waals surface area contributed by atoms with Gasteiger partial charge in [0.1, 0.15) is 12.4 Å². The summed E-state index contributed by atoms with van der Waals surface area (Å²) < 4.78 is 5.87. The first kappa shape index (κ1) is 19.5. The summed E-state index contributed by atoms with van der Waals surface area (Å²) in [5.41, 5.74) is 5.12. The van der Waals surface area contributed by atoms with Gasteiger partial charge in [-0.3, -0.25) is 4.79 Å². The monoisotopic (exact) mass is 393 g/mol. The molecule has 3 aromatic carbocycles. The van der Waals surface area contributed by atoms with Gasteiger partial charge in [0.05, 0.1) is 12.8 Å². The van der Waals surface area contributed by atoms with Gasteiger partial charge in [0, 0.05) is 16.3 Å². The molecule has 0 atom stereocenters. The quantitative estimate of drug-likeness (QED) is 0.438. The standard InChI is InChI=1S/C22H20ClN3O2/c23-19-9-6-7-17(13-19)16-28-21-12-5-4-8-18(21)14-25-26-22(27)15-24-20-10-2-1-3-11-20/h1-14,24H,15-16H2,(H,26,27)/b25-14-. The van der Waals surface area contributed by atoms with Crippen LogP contribution in [0.4, 0.5) is 5.69 Å². The molecular formula is C22H20ClN3O2. The molecule has 0 aliphatic carbocycles. The number of rotatable bonds is 8. The molecule has 3 rings (SSSR count). The fraction of sp³-hybridized carbons (Fsp3) is 0.0909. The Morgan fingerprint density at radius 1 is 1.00 bits per heavy atom. The van der Waals surface area contributed by atoms with Crippen LogP contribution in [0.1, 0.15) is 11.1 Å². The SMILES string of the molecule is O=C(CNc1ccccc1)N/N=C\c1ccccc1OCc1cccc(Cl)c1. The van der Waals surface area contributed by atoms with Gasteiger partial charge >= 0.3 is 0 Å². The molecule has 0 aliphatic rings. The number of anilines is 1. The van der Waals surface area contributed by atoms with Crippen molar-refractivity contribution in [2.45, 2.75) is 6.61 Å². The molecule has 0 fully saturated rings. The highest BCUT2D eigenvalue weighted by molar-refractivity contribution is 6.30. The van der Waals surface area contributed by atoms with E-state index in [4.69, 9.17) is 16.3 Å². The number of halogens is 1. The lowest BCUT2D eigenvalue weighted by Gasteiger charge is -2.09. The second-order valence-electron chi connectivity index (χ2n) is 5.97. The Labute approximate surface area is 169 Å². The lowest BCUT2D eigenvalue weighted by molar-refractivity contribution is -0.119. The first-order chi connectivity index (χ1) is 13.7. The minimum Gasteiger partial charge on any atom is -0.488 e. The third kappa shape index (κ3) is 6.14. The van der Waals surface area contributed by atoms with Gasteiger partial charge in [-0.25, -0.2) is 5.43 Å². The van der Waals surface area contributed by atoms with E-state index in [1.807, 2.05) is 78.9 Å². The largest absolute Gasteiger partial charge is 0.488 e. The molecule has 0 saturated heterocycles. The molecule has 0 aromatic heterocycles. The van der Waals surface area contributed by atoms with Gasteiger partial charge in [0.15, 0.2) is 0 Å². The van der Waals surface area contributed by atoms with Crippen molar-refractivity contribution in [3.05, 3.63) is 95.0 Å². The van der Waals surface area contributed by atoms with Crippen molar-refractivity contribution >= 4 is 29.4 Å². The molecule has 0 heterocycles. The van der Waals surface area contributed by atoms with Crippen molar-refractivity contribution in [1.29, 1.82) is 0 Å². The number of hydrazone groups is 1. The van der Waals surface area contributed by atoms with Gasteiger partial charge in [-0.2, -0.15) is 5.10 Å². The maximum Gasteiger partial charge on any atom is 0.259 e. The Hall–Kier alpha value is -3.31. The number of carbonyl (C=O) groups is 1. The summed E-state index contributed by atoms with van der Waals surface area (Å²) in [5, 5.41) is 7.71. The van der Waals surface area contributed by atoms with Gasteiger partial charge < -0.3 is 10.1 Å². The molecular weight excluding hydrogens is 374 g/mol. The van der Waals surface area contributed by atoms with Crippen LogP contribution in [0.5, 0.6) is 5.75 Å². The molecule has 142 valence electrons. The predicted molar refractivity (Wildman–Crippen MR) is 113 cm³/mol. The predicted octanol–water partition coefficient (Wildman–Crippen LogP) is 4.48. The van der Waals surface area contributed by atoms with E-state index in [0.29, 0.717) is 17.4 Å². The zero-order chi connectivity index (χ0) is 19.6. The first-order valence-electron chi connectivity index (χ1n) is 8.78. The Morgan fingerprint density at radius 3 is 2.61 bits per heavy atom. The third-order valence-electron chi connectivity index (χ3n) is 3.82. The summed E-state index contributed by atoms with van der Waals surface area (Å²) in [5.74, 6) is 0.431. The van der Waals surface area contributed by atoms with E-state index in [2.05, 4.69) is 15.8 Å². The zero-order valence-electron chi connectivity index (χ0n) is 15.1. The van der Waals surface area contributed by atoms with Gasteiger partial charge in [0.25, 0.3) is 5.91 Å². The number of nitrogens with one attached hydrogen (secondary N) is 2. The molecule has 2 N–H and O–H groups in total. The minimum atomic E-state index is -0.238. The van der Waals surface area contributed by atoms with E-state index in [-0.39, 0.29) is 12.5 Å². The Balaban J connectivity index is 1.53. The van der Waals surface area contributed by atoms with Gasteiger partial charge in [0.2, 0.25) is 0 Å². The van der Waals surface area contributed by atoms with Crippen LogP contribution >= 0.6 is 11.6 Å². The van der Waals surface area contributed by atoms with Crippen molar-refractivity contribution in [2.75, 3.05) is 11.9 Å². The molecule has 5 nitrogen and oxygen atoms in total. The third-order valence-corrected chi connectivity index (χ3v) is 4.06. The summed E-state index contributed by atoms with van der Waals surface area (Å²) >= 11 is 6.00. The average Bonchev–Trinajstić information content (AvgIpc) is 2.72. The lowest BCUT2D eigenvalue weighted by Crippen LogP contribution is -2.25. The number of nitrogens with zero attached hydrogens (tertiary/aromatic N) is 1. The molecule has 0 aliphatic heterocycles. The number of hydrogen-bond acceptors (Lipinski definition) is 4. The molecule has 0 spiro atoms. The van der Waals surface area contributed by atoms with E-state index >= 15 is 0 Å². The summed E-state index contributed by atoms with van der Waals surface area (Å²) in [6.07, 6.45) is 1.56. The Morgan fingerprint density at radius 2 is 1.79 bits per heavy atom. The summed E-state index contributed by atoms with van der Waals surface area (Å²) in [4.78, 5) is 11.9. The second-order valence-corrected chi connectivity index (χ2v) is 6.41. The van der Waals surface area contributed by atoms with Gasteiger partial charge in [-0.1, -0.05) is 54.1 Å². The van der Waals surface area contributed by atoms with Crippen molar-refractivity contribution in [2.24, 2.45) is 5.10 Å². The molecule has 3 aromatic rings. The Bertz CT molecular complexity index is 945. The first-order valence-corrected chi connectivity index (χ1v) is 9.15. The van der Waals surface area contributed by atoms with E-state index in [1.165, 1.54) is 0 Å². The number of carbonyl (C=O) groups excluding carboxylic acids is 1. The maximum absolute atomic E-state index is 11.9. The van der Waals surface area contributed by atoms with Crippen LogP contribution in [0.15, 0.2) is 84.0 Å². The molecule has 28 heavy (non-hydrogen) atoms. The minimum absolute atomic E-state index is 0.133. The topological polar surface area (TPSA) is 62.7 Å². The highest BCUT2D eigenvalue weighted by atomic mass is 35.5. The highest BCUT2D eigenvalue weighted by Crippen LogP contribution is 2.18. The van der Waals surface area contributed by atoms with E-state index in [1.54, 1.807) is 6.21 Å². The van der Waals surface area contributed by atoms with Crippen molar-refractivity contribution in [3.63, 3.8) is 0 Å². The molecule has 0 unspecified atom stereocenters. The van der Waals surface area contributed by atoms with Gasteiger partial charge in [-0.15, -0.1) is 0 Å². The molecule has 6 heteroatoms. The van der Waals surface area contributed by atoms with Crippen molar-refractivity contribution < 1.29 is 9.53 Å². The maximum atomic E-state index is 11.9. The molecule has 1 amide bonds. The molecule has 0 bridgehead atoms. The van der Waals surface area contributed by atoms with Crippen LogP contribution in [0.3, 0.4) is 0 Å². The average molecular weight is 394 g/mol. The van der Waals surface area contributed by atoms with Crippen LogP contribution in [0.25, 0.3) is 0 Å². The zero-order valence-corrected chi connectivity index (χ0v) is 15.9. The fourth-order valence-corrected chi connectivity index (χ4v) is 2.67. The normalized spacial score (nSPS) is 10.6. The number of hydrogen-bond donors (Lipinski definition) is 2. The number of ether oxygens (including phenoxy) is 1. The van der Waals surface area contributed by atoms with Crippen LogP contribution in [-0.4, -0.2) is 18.7 Å². The lowest BCUT2D eigenvalue weighted by atomic mass is 10.2. The molecule has 0 saturated carbocycles. The summed E-state index contributed by atoms with van der Waals surface area (Å²) in [7, 11) is 0. The number of benzene rings is 3. The van der Waals surface area contributed by atoms with Crippen molar-refractivity contribution in [1.82, 2.24) is 5.43 Å². The van der Waals surface area contributed by atoms with Crippen LogP contribution in [0.2, 0.25) is 5.02 Å².